The summed E-state index contributed by atoms with van der Waals surface area (Å²) in [4.78, 5) is 24.1. The van der Waals surface area contributed by atoms with Crippen molar-refractivity contribution in [1.29, 1.82) is 0 Å². The van der Waals surface area contributed by atoms with Gasteiger partial charge in [-0.2, -0.15) is 0 Å². The van der Waals surface area contributed by atoms with Crippen molar-refractivity contribution in [2.75, 3.05) is 26.4 Å². The second kappa shape index (κ2) is 18.5. The van der Waals surface area contributed by atoms with Gasteiger partial charge in [-0.15, -0.1) is 0 Å². The molecule has 2 amide bonds. The highest BCUT2D eigenvalue weighted by Crippen LogP contribution is 2.23. The van der Waals surface area contributed by atoms with E-state index in [-0.39, 0.29) is 24.7 Å². The van der Waals surface area contributed by atoms with Gasteiger partial charge in [-0.1, -0.05) is 12.8 Å². The standard InChI is InChI=1S/C29H46F2N2O6/c30-22(13-5-1-3-9-17-36-26-15-7-11-19-38-26)28(34)32-24-21-25(24)33-29(35)23(31)14-6-2-4-10-18-37-27-16-8-12-20-39-27/h13-14,24-27H,1-12,15-21H2,(H,32,34)(H,33,35)/b22-13-,23-14-/t24-,25+,26?,27?. The van der Waals surface area contributed by atoms with E-state index in [1.807, 2.05) is 0 Å². The van der Waals surface area contributed by atoms with Crippen molar-refractivity contribution in [1.82, 2.24) is 10.6 Å². The Bertz CT molecular complexity index is 733. The van der Waals surface area contributed by atoms with Gasteiger partial charge >= 0.3 is 0 Å². The zero-order valence-corrected chi connectivity index (χ0v) is 23.1. The summed E-state index contributed by atoms with van der Waals surface area (Å²) in [7, 11) is 0. The molecule has 0 aromatic carbocycles. The van der Waals surface area contributed by atoms with Gasteiger partial charge in [0, 0.05) is 26.4 Å². The number of nitrogens with one attached hydrogen (secondary N) is 2. The molecule has 2 N–H and O–H groups in total. The van der Waals surface area contributed by atoms with Crippen LogP contribution >= 0.6 is 0 Å². The summed E-state index contributed by atoms with van der Waals surface area (Å²) in [5.74, 6) is -3.27. The summed E-state index contributed by atoms with van der Waals surface area (Å²) in [6.07, 6.45) is 15.1. The Kier molecular flexibility index (Phi) is 15.0. The highest BCUT2D eigenvalue weighted by atomic mass is 19.1. The predicted octanol–water partition coefficient (Wildman–Crippen LogP) is 5.27. The van der Waals surface area contributed by atoms with Crippen molar-refractivity contribution in [3.8, 4) is 0 Å². The van der Waals surface area contributed by atoms with Crippen LogP contribution in [-0.2, 0) is 28.5 Å². The second-order valence-corrected chi connectivity index (χ2v) is 10.5. The Morgan fingerprint density at radius 2 is 1.15 bits per heavy atom. The van der Waals surface area contributed by atoms with Gasteiger partial charge in [-0.3, -0.25) is 9.59 Å². The first-order chi connectivity index (χ1) is 19.0. The largest absolute Gasteiger partial charge is 0.353 e. The Hall–Kier alpha value is -1.88. The molecule has 1 aliphatic carbocycles. The van der Waals surface area contributed by atoms with E-state index >= 15 is 0 Å². The molecule has 0 bridgehead atoms. The van der Waals surface area contributed by atoms with Gasteiger partial charge in [-0.25, -0.2) is 8.78 Å². The topological polar surface area (TPSA) is 95.1 Å². The van der Waals surface area contributed by atoms with E-state index in [0.29, 0.717) is 32.5 Å². The molecule has 39 heavy (non-hydrogen) atoms. The molecular weight excluding hydrogens is 510 g/mol. The molecule has 2 saturated heterocycles. The lowest BCUT2D eigenvalue weighted by Crippen LogP contribution is -2.35. The lowest BCUT2D eigenvalue weighted by molar-refractivity contribution is -0.163. The highest BCUT2D eigenvalue weighted by Gasteiger charge is 2.40. The molecule has 8 nitrogen and oxygen atoms in total. The van der Waals surface area contributed by atoms with Crippen LogP contribution in [0.5, 0.6) is 0 Å². The van der Waals surface area contributed by atoms with Gasteiger partial charge in [0.25, 0.3) is 11.8 Å². The fourth-order valence-corrected chi connectivity index (χ4v) is 4.59. The van der Waals surface area contributed by atoms with Gasteiger partial charge in [0.2, 0.25) is 0 Å². The van der Waals surface area contributed by atoms with E-state index < -0.39 is 23.5 Å². The van der Waals surface area contributed by atoms with Crippen molar-refractivity contribution < 1.29 is 37.3 Å². The fourth-order valence-electron chi connectivity index (χ4n) is 4.59. The van der Waals surface area contributed by atoms with E-state index in [4.69, 9.17) is 18.9 Å². The SMILES string of the molecule is O=C(N[C@H]1C[C@H]1NC(=O)/C(F)=C/CCCCCOC1CCCCO1)/C(F)=C/CCCCCOC1CCCCO1. The number of allylic oxidation sites excluding steroid dienone is 2. The average molecular weight is 557 g/mol. The van der Waals surface area contributed by atoms with Crippen LogP contribution in [-0.4, -0.2) is 62.9 Å². The first-order valence-corrected chi connectivity index (χ1v) is 14.8. The van der Waals surface area contributed by atoms with Crippen molar-refractivity contribution in [2.45, 2.75) is 121 Å². The minimum atomic E-state index is -0.832. The summed E-state index contributed by atoms with van der Waals surface area (Å²) in [6.45, 7) is 2.75. The minimum Gasteiger partial charge on any atom is -0.353 e. The van der Waals surface area contributed by atoms with Crippen LogP contribution in [0.1, 0.15) is 96.3 Å². The van der Waals surface area contributed by atoms with E-state index in [1.165, 1.54) is 12.2 Å². The second-order valence-electron chi connectivity index (χ2n) is 10.5. The predicted molar refractivity (Wildman–Crippen MR) is 143 cm³/mol. The van der Waals surface area contributed by atoms with Crippen LogP contribution in [0.15, 0.2) is 23.8 Å². The Balaban J connectivity index is 1.17. The molecule has 0 radical (unpaired) electrons. The summed E-state index contributed by atoms with van der Waals surface area (Å²) in [5.41, 5.74) is 0. The number of ether oxygens (including phenoxy) is 4. The number of hydrogen-bond donors (Lipinski definition) is 2. The smallest absolute Gasteiger partial charge is 0.279 e. The molecule has 0 aromatic rings. The van der Waals surface area contributed by atoms with Gasteiger partial charge in [0.1, 0.15) is 0 Å². The van der Waals surface area contributed by atoms with Crippen LogP contribution in [0.2, 0.25) is 0 Å². The number of carbonyl (C=O) groups excluding carboxylic acids is 2. The third-order valence-electron chi connectivity index (χ3n) is 7.08. The Morgan fingerprint density at radius 1 is 0.692 bits per heavy atom. The van der Waals surface area contributed by atoms with Crippen molar-refractivity contribution >= 4 is 11.8 Å². The van der Waals surface area contributed by atoms with Crippen LogP contribution in [0.25, 0.3) is 0 Å². The van der Waals surface area contributed by atoms with Crippen molar-refractivity contribution in [2.24, 2.45) is 0 Å². The maximum absolute atomic E-state index is 14.1. The molecule has 2 aliphatic heterocycles. The fraction of sp³-hybridized carbons (Fsp3) is 0.793. The minimum absolute atomic E-state index is 0.0917. The van der Waals surface area contributed by atoms with Crippen LogP contribution in [0.4, 0.5) is 8.78 Å². The number of halogens is 2. The Labute approximate surface area is 231 Å². The molecule has 4 atom stereocenters. The number of hydrogen-bond acceptors (Lipinski definition) is 6. The summed E-state index contributed by atoms with van der Waals surface area (Å²) in [5, 5.41) is 5.09. The number of carbonyl (C=O) groups is 2. The third kappa shape index (κ3) is 13.4. The average Bonchev–Trinajstić information content (AvgIpc) is 3.69. The van der Waals surface area contributed by atoms with Gasteiger partial charge in [-0.05, 0) is 95.6 Å². The molecule has 10 heteroatoms. The van der Waals surface area contributed by atoms with Crippen LogP contribution < -0.4 is 10.6 Å². The zero-order chi connectivity index (χ0) is 27.7. The zero-order valence-electron chi connectivity index (χ0n) is 23.1. The van der Waals surface area contributed by atoms with Gasteiger partial charge in [0.05, 0.1) is 12.1 Å². The molecule has 3 fully saturated rings. The molecule has 2 unspecified atom stereocenters. The summed E-state index contributed by atoms with van der Waals surface area (Å²) < 4.78 is 50.6. The maximum Gasteiger partial charge on any atom is 0.279 e. The molecule has 3 rings (SSSR count). The first-order valence-electron chi connectivity index (χ1n) is 14.8. The molecule has 0 spiro atoms. The number of amides is 2. The Morgan fingerprint density at radius 3 is 1.56 bits per heavy atom. The van der Waals surface area contributed by atoms with E-state index in [1.54, 1.807) is 0 Å². The van der Waals surface area contributed by atoms with E-state index in [2.05, 4.69) is 10.6 Å². The van der Waals surface area contributed by atoms with E-state index in [0.717, 1.165) is 90.3 Å². The monoisotopic (exact) mass is 556 g/mol. The van der Waals surface area contributed by atoms with Gasteiger partial charge < -0.3 is 29.6 Å². The molecule has 0 aromatic heterocycles. The van der Waals surface area contributed by atoms with Crippen molar-refractivity contribution in [3.05, 3.63) is 23.8 Å². The quantitative estimate of drug-likeness (QED) is 0.176. The maximum atomic E-state index is 14.1. The normalized spacial score (nSPS) is 25.8. The third-order valence-corrected chi connectivity index (χ3v) is 7.08. The highest BCUT2D eigenvalue weighted by molar-refractivity contribution is 5.93. The lowest BCUT2D eigenvalue weighted by Gasteiger charge is -2.22. The molecule has 1 saturated carbocycles. The summed E-state index contributed by atoms with van der Waals surface area (Å²) >= 11 is 0. The molecular formula is C29H46F2N2O6. The molecule has 3 aliphatic rings. The van der Waals surface area contributed by atoms with Crippen molar-refractivity contribution in [3.63, 3.8) is 0 Å². The van der Waals surface area contributed by atoms with Crippen LogP contribution in [0.3, 0.4) is 0 Å². The van der Waals surface area contributed by atoms with E-state index in [9.17, 15) is 18.4 Å². The number of unbranched alkanes of at least 4 members (excludes halogenated alkanes) is 6. The first kappa shape index (κ1) is 31.6. The molecule has 2 heterocycles. The summed E-state index contributed by atoms with van der Waals surface area (Å²) in [6, 6.07) is -0.776. The lowest BCUT2D eigenvalue weighted by atomic mass is 10.2. The molecule has 222 valence electrons. The number of rotatable bonds is 18. The van der Waals surface area contributed by atoms with Crippen LogP contribution in [0, 0.1) is 0 Å². The van der Waals surface area contributed by atoms with Gasteiger partial charge in [0.15, 0.2) is 24.2 Å².